The average Bonchev–Trinajstić information content (AvgIpc) is 4.01. The molecule has 12 aromatic rings. The van der Waals surface area contributed by atoms with Crippen LogP contribution in [0.25, 0.3) is 110 Å². The fourth-order valence-corrected chi connectivity index (χ4v) is 11.1. The van der Waals surface area contributed by atoms with Gasteiger partial charge < -0.3 is 13.6 Å². The molecule has 9 aromatic carbocycles. The zero-order valence-corrected chi connectivity index (χ0v) is 37.4. The molecule has 0 aliphatic heterocycles. The molecule has 0 saturated heterocycles. The number of para-hydroxylation sites is 3. The van der Waals surface area contributed by atoms with Crippen molar-refractivity contribution < 1.29 is 4.42 Å². The fourth-order valence-electron chi connectivity index (χ4n) is 11.1. The normalized spacial score (nSPS) is 11.9. The van der Waals surface area contributed by atoms with Crippen LogP contribution < -0.4 is 38.2 Å². The average molecular weight is 810 g/mol. The molecule has 3 nitrogen and oxygen atoms in total. The molecule has 0 N–H and O–H groups in total. The summed E-state index contributed by atoms with van der Waals surface area (Å²) in [5, 5.41) is 7.41. The standard InChI is InChI=1S/C54H41B7N2O/c55-45-42(46(56)50(60)53-43(45)44-47(57)48(58)49(59)51(61)54(44)63(53)38-20-9-7-16-32(38)28-12-3-1-4-13-28)30-22-25-39-37(26-30)36-19-11-18-33(29-14-5-2-6-15-29)52(36)62(39)31-23-24-35-34-17-8-10-21-40(34)64-41(35)27-31/h1-27H,55-61H2. The van der Waals surface area contributed by atoms with Crippen LogP contribution in [-0.2, 0) is 0 Å². The minimum absolute atomic E-state index is 0.888. The van der Waals surface area contributed by atoms with Crippen molar-refractivity contribution in [2.75, 3.05) is 0 Å². The summed E-state index contributed by atoms with van der Waals surface area (Å²) in [6.45, 7) is 0. The monoisotopic (exact) mass is 810 g/mol. The molecule has 294 valence electrons. The second-order valence-corrected chi connectivity index (χ2v) is 17.8. The molecule has 0 fully saturated rings. The number of aromatic nitrogens is 2. The molecule has 10 heteroatoms. The van der Waals surface area contributed by atoms with Gasteiger partial charge in [0.15, 0.2) is 0 Å². The first-order valence-corrected chi connectivity index (χ1v) is 22.4. The maximum atomic E-state index is 6.48. The summed E-state index contributed by atoms with van der Waals surface area (Å²) < 4.78 is 11.5. The van der Waals surface area contributed by atoms with Gasteiger partial charge in [0.2, 0.25) is 0 Å². The molecular formula is C54H41B7N2O. The van der Waals surface area contributed by atoms with E-state index in [1.165, 1.54) is 115 Å². The molecule has 0 aliphatic carbocycles. The van der Waals surface area contributed by atoms with E-state index in [1.54, 1.807) is 0 Å². The molecule has 3 heterocycles. The van der Waals surface area contributed by atoms with E-state index in [2.05, 4.69) is 222 Å². The van der Waals surface area contributed by atoms with Gasteiger partial charge in [0.25, 0.3) is 0 Å². The number of benzene rings is 9. The van der Waals surface area contributed by atoms with Gasteiger partial charge >= 0.3 is 0 Å². The number of furan rings is 1. The number of rotatable bonds is 5. The third-order valence-electron chi connectivity index (χ3n) is 14.6. The Morgan fingerprint density at radius 2 is 0.938 bits per heavy atom. The van der Waals surface area contributed by atoms with Crippen LogP contribution in [0.3, 0.4) is 0 Å². The molecule has 0 aliphatic rings. The lowest BCUT2D eigenvalue weighted by molar-refractivity contribution is 0.668. The molecule has 0 bridgehead atoms. The Hall–Kier alpha value is -7.17. The van der Waals surface area contributed by atoms with Crippen LogP contribution in [0, 0.1) is 0 Å². The van der Waals surface area contributed by atoms with E-state index in [0.29, 0.717) is 0 Å². The minimum atomic E-state index is 0.888. The Balaban J connectivity index is 1.16. The highest BCUT2D eigenvalue weighted by molar-refractivity contribution is 6.69. The molecule has 0 radical (unpaired) electrons. The van der Waals surface area contributed by atoms with E-state index in [4.69, 9.17) is 4.42 Å². The van der Waals surface area contributed by atoms with Crippen molar-refractivity contribution in [3.8, 4) is 44.8 Å². The Kier molecular flexibility index (Phi) is 8.69. The highest BCUT2D eigenvalue weighted by atomic mass is 16.3. The zero-order valence-electron chi connectivity index (χ0n) is 37.4. The molecular weight excluding hydrogens is 768 g/mol. The van der Waals surface area contributed by atoms with E-state index in [-0.39, 0.29) is 0 Å². The second-order valence-electron chi connectivity index (χ2n) is 17.8. The van der Waals surface area contributed by atoms with Crippen LogP contribution in [0.4, 0.5) is 0 Å². The van der Waals surface area contributed by atoms with E-state index < -0.39 is 0 Å². The third kappa shape index (κ3) is 5.45. The molecule has 0 spiro atoms. The van der Waals surface area contributed by atoms with Gasteiger partial charge in [0, 0.05) is 60.8 Å². The molecule has 64 heavy (non-hydrogen) atoms. The van der Waals surface area contributed by atoms with Gasteiger partial charge in [0.05, 0.1) is 16.7 Å². The number of nitrogens with zero attached hydrogens (tertiary/aromatic N) is 2. The Bertz CT molecular complexity index is 3930. The summed E-state index contributed by atoms with van der Waals surface area (Å²) in [7, 11) is 16.3. The number of hydrogen-bond acceptors (Lipinski definition) is 1. The van der Waals surface area contributed by atoms with Crippen molar-refractivity contribution in [1.29, 1.82) is 0 Å². The summed E-state index contributed by atoms with van der Waals surface area (Å²) >= 11 is 0. The first kappa shape index (κ1) is 38.5. The quantitative estimate of drug-likeness (QED) is 0.246. The summed E-state index contributed by atoms with van der Waals surface area (Å²) in [5.74, 6) is 0. The lowest BCUT2D eigenvalue weighted by Gasteiger charge is -2.20. The smallest absolute Gasteiger partial charge is 0.141 e. The summed E-state index contributed by atoms with van der Waals surface area (Å²) in [6.07, 6.45) is 0. The van der Waals surface area contributed by atoms with Crippen LogP contribution >= 0.6 is 0 Å². The minimum Gasteiger partial charge on any atom is -0.456 e. The van der Waals surface area contributed by atoms with Crippen LogP contribution in [0.5, 0.6) is 0 Å². The first-order chi connectivity index (χ1) is 31.2. The second kappa shape index (κ2) is 14.4. The first-order valence-electron chi connectivity index (χ1n) is 22.4. The molecule has 0 unspecified atom stereocenters. The highest BCUT2D eigenvalue weighted by Gasteiger charge is 2.26. The largest absolute Gasteiger partial charge is 0.456 e. The van der Waals surface area contributed by atoms with Crippen molar-refractivity contribution in [2.24, 2.45) is 0 Å². The maximum Gasteiger partial charge on any atom is 0.141 e. The Labute approximate surface area is 379 Å². The predicted octanol–water partition coefficient (Wildman–Crippen LogP) is 2.59. The van der Waals surface area contributed by atoms with Gasteiger partial charge in [-0.05, 0) is 64.0 Å². The van der Waals surface area contributed by atoms with Gasteiger partial charge in [-0.2, -0.15) is 0 Å². The third-order valence-corrected chi connectivity index (χ3v) is 14.6. The van der Waals surface area contributed by atoms with Gasteiger partial charge in [-0.3, -0.25) is 0 Å². The highest BCUT2D eigenvalue weighted by Crippen LogP contribution is 2.41. The van der Waals surface area contributed by atoms with Crippen LogP contribution in [0.1, 0.15) is 0 Å². The zero-order chi connectivity index (χ0) is 43.5. The molecule has 0 amide bonds. The van der Waals surface area contributed by atoms with E-state index >= 15 is 0 Å². The van der Waals surface area contributed by atoms with Crippen molar-refractivity contribution in [1.82, 2.24) is 9.13 Å². The topological polar surface area (TPSA) is 23.0 Å². The SMILES string of the molecule is Bc1c(B)c(B)c2c(c1B)c1c(B)c(-c3ccc4c(c3)c3cccc(-c5ccccc5)c3n4-c3ccc4c(c3)oc3ccccc34)c(B)c(B)c1n2-c1ccccc1-c1ccccc1. The Morgan fingerprint density at radius 1 is 0.344 bits per heavy atom. The van der Waals surface area contributed by atoms with Crippen LogP contribution in [-0.4, -0.2) is 64.1 Å². The maximum absolute atomic E-state index is 6.48. The van der Waals surface area contributed by atoms with Crippen LogP contribution in [0.2, 0.25) is 0 Å². The van der Waals surface area contributed by atoms with Gasteiger partial charge in [0.1, 0.15) is 66.1 Å². The van der Waals surface area contributed by atoms with Gasteiger partial charge in [-0.25, -0.2) is 0 Å². The lowest BCUT2D eigenvalue weighted by atomic mass is 9.64. The number of hydrogen-bond donors (Lipinski definition) is 0. The number of fused-ring (bicyclic) bond motifs is 9. The molecule has 0 atom stereocenters. The van der Waals surface area contributed by atoms with E-state index in [1.807, 2.05) is 6.07 Å². The van der Waals surface area contributed by atoms with E-state index in [0.717, 1.165) is 33.1 Å². The summed E-state index contributed by atoms with van der Waals surface area (Å²) in [5.41, 5.74) is 25.7. The van der Waals surface area contributed by atoms with Gasteiger partial charge in [-0.1, -0.05) is 154 Å². The van der Waals surface area contributed by atoms with Crippen molar-refractivity contribution in [2.45, 2.75) is 0 Å². The predicted molar refractivity (Wildman–Crippen MR) is 296 cm³/mol. The van der Waals surface area contributed by atoms with Gasteiger partial charge in [-0.15, -0.1) is 5.46 Å². The van der Waals surface area contributed by atoms with E-state index in [9.17, 15) is 0 Å². The summed E-state index contributed by atoms with van der Waals surface area (Å²) in [4.78, 5) is 0. The lowest BCUT2D eigenvalue weighted by Crippen LogP contribution is -2.48. The molecule has 0 saturated carbocycles. The summed E-state index contributed by atoms with van der Waals surface area (Å²) in [6, 6.07) is 59.5. The van der Waals surface area contributed by atoms with Crippen molar-refractivity contribution in [3.63, 3.8) is 0 Å². The Morgan fingerprint density at radius 3 is 1.70 bits per heavy atom. The van der Waals surface area contributed by atoms with Crippen molar-refractivity contribution in [3.05, 3.63) is 164 Å². The van der Waals surface area contributed by atoms with Crippen molar-refractivity contribution >= 4 is 159 Å². The molecule has 3 aromatic heterocycles. The molecule has 12 rings (SSSR count). The fraction of sp³-hybridized carbons (Fsp3) is 0. The van der Waals surface area contributed by atoms with Crippen LogP contribution in [0.15, 0.2) is 168 Å².